The van der Waals surface area contributed by atoms with Crippen LogP contribution in [0.2, 0.25) is 0 Å². The van der Waals surface area contributed by atoms with Crippen molar-refractivity contribution in [1.82, 2.24) is 0 Å². The summed E-state index contributed by atoms with van der Waals surface area (Å²) in [5.41, 5.74) is 0. The first-order valence-corrected chi connectivity index (χ1v) is 10.2. The Morgan fingerprint density at radius 2 is 1.32 bits per heavy atom. The number of esters is 2. The Balaban J connectivity index is 3.29. The average molecular weight is 355 g/mol. The van der Waals surface area contributed by atoms with E-state index >= 15 is 0 Å². The number of aliphatic hydroxyl groups excluding tert-OH is 1. The van der Waals surface area contributed by atoms with Gasteiger partial charge in [0.2, 0.25) is 0 Å². The van der Waals surface area contributed by atoms with E-state index in [1.165, 1.54) is 64.7 Å². The van der Waals surface area contributed by atoms with Crippen molar-refractivity contribution < 1.29 is 19.4 Å². The van der Waals surface area contributed by atoms with E-state index in [-0.39, 0.29) is 6.42 Å². The van der Waals surface area contributed by atoms with E-state index in [0.29, 0.717) is 0 Å². The molecule has 25 heavy (non-hydrogen) atoms. The molecule has 4 nitrogen and oxygen atoms in total. The normalized spacial score (nSPS) is 12.4. The summed E-state index contributed by atoms with van der Waals surface area (Å²) < 4.78 is 4.49. The first kappa shape index (κ1) is 23.8. The maximum Gasteiger partial charge on any atom is 0.342 e. The minimum Gasteiger partial charge on any atom is -0.391 e. The van der Waals surface area contributed by atoms with Crippen LogP contribution >= 0.6 is 0 Å². The number of carbonyl (C=O) groups excluding carboxylic acids is 2. The summed E-state index contributed by atoms with van der Waals surface area (Å²) >= 11 is 0. The fourth-order valence-corrected chi connectivity index (χ4v) is 2.59. The minimum absolute atomic E-state index is 0.247. The van der Waals surface area contributed by atoms with Crippen LogP contribution in [0, 0.1) is 0 Å². The Hall–Kier alpha value is -1.16. The smallest absolute Gasteiger partial charge is 0.342 e. The van der Waals surface area contributed by atoms with Crippen molar-refractivity contribution in [3.63, 3.8) is 0 Å². The molecule has 0 rings (SSSR count). The van der Waals surface area contributed by atoms with Crippen LogP contribution in [0.1, 0.15) is 104 Å². The lowest BCUT2D eigenvalue weighted by Gasteiger charge is -2.04. The van der Waals surface area contributed by atoms with Gasteiger partial charge in [-0.05, 0) is 39.0 Å². The van der Waals surface area contributed by atoms with Gasteiger partial charge in [-0.15, -0.1) is 0 Å². The highest BCUT2D eigenvalue weighted by Crippen LogP contribution is 2.10. The summed E-state index contributed by atoms with van der Waals surface area (Å²) in [6.45, 7) is 3.54. The van der Waals surface area contributed by atoms with Gasteiger partial charge in [0.1, 0.15) is 6.10 Å². The summed E-state index contributed by atoms with van der Waals surface area (Å²) in [7, 11) is 0. The van der Waals surface area contributed by atoms with Crippen molar-refractivity contribution in [2.24, 2.45) is 0 Å². The van der Waals surface area contributed by atoms with Gasteiger partial charge in [0.25, 0.3) is 0 Å². The molecule has 0 aliphatic rings. The molecule has 0 heterocycles. The topological polar surface area (TPSA) is 63.6 Å². The van der Waals surface area contributed by atoms with Crippen LogP contribution in [0.4, 0.5) is 0 Å². The molecule has 0 fully saturated rings. The third-order valence-electron chi connectivity index (χ3n) is 4.20. The van der Waals surface area contributed by atoms with E-state index in [4.69, 9.17) is 5.11 Å². The van der Waals surface area contributed by atoms with Crippen LogP contribution in [0.3, 0.4) is 0 Å². The van der Waals surface area contributed by atoms with Gasteiger partial charge in [0.05, 0.1) is 0 Å². The van der Waals surface area contributed by atoms with Crippen molar-refractivity contribution in [2.75, 3.05) is 0 Å². The SMILES string of the molecule is CCCCCCCC/C=C\CCCCCCCC(=O)OC(=O)C(C)O. The van der Waals surface area contributed by atoms with Gasteiger partial charge < -0.3 is 9.84 Å². The molecule has 1 unspecified atom stereocenters. The number of hydrogen-bond donors (Lipinski definition) is 1. The predicted molar refractivity (Wildman–Crippen MR) is 102 cm³/mol. The van der Waals surface area contributed by atoms with Gasteiger partial charge in [0.15, 0.2) is 0 Å². The van der Waals surface area contributed by atoms with Crippen molar-refractivity contribution in [1.29, 1.82) is 0 Å². The molecule has 1 atom stereocenters. The second-order valence-electron chi connectivity index (χ2n) is 6.80. The van der Waals surface area contributed by atoms with Crippen LogP contribution in [0.5, 0.6) is 0 Å². The Bertz CT molecular complexity index is 361. The number of hydrogen-bond acceptors (Lipinski definition) is 4. The highest BCUT2D eigenvalue weighted by molar-refractivity contribution is 5.87. The van der Waals surface area contributed by atoms with Crippen molar-refractivity contribution in [3.8, 4) is 0 Å². The fraction of sp³-hybridized carbons (Fsp3) is 0.810. The third kappa shape index (κ3) is 17.5. The lowest BCUT2D eigenvalue weighted by molar-refractivity contribution is -0.165. The number of ether oxygens (including phenoxy) is 1. The molecule has 1 N–H and O–H groups in total. The standard InChI is InChI=1S/C21H38O4/c1-3-4-5-6-7-8-9-10-11-12-13-14-15-16-17-18-20(23)25-21(24)19(2)22/h10-11,19,22H,3-9,12-18H2,1-2H3/b11-10-. The molecule has 0 aromatic heterocycles. The second kappa shape index (κ2) is 17.7. The number of aliphatic hydroxyl groups is 1. The molecule has 0 spiro atoms. The zero-order valence-corrected chi connectivity index (χ0v) is 16.3. The van der Waals surface area contributed by atoms with Gasteiger partial charge in [-0.1, -0.05) is 70.4 Å². The molecule has 4 heteroatoms. The highest BCUT2D eigenvalue weighted by Gasteiger charge is 2.14. The van der Waals surface area contributed by atoms with E-state index in [2.05, 4.69) is 23.8 Å². The molecule has 0 bridgehead atoms. The molecular weight excluding hydrogens is 316 g/mol. The number of unbranched alkanes of at least 4 members (excludes halogenated alkanes) is 11. The summed E-state index contributed by atoms with van der Waals surface area (Å²) in [6, 6.07) is 0. The van der Waals surface area contributed by atoms with Gasteiger partial charge in [0, 0.05) is 6.42 Å². The average Bonchev–Trinajstić information content (AvgIpc) is 2.58. The first-order valence-electron chi connectivity index (χ1n) is 10.2. The Morgan fingerprint density at radius 1 is 0.840 bits per heavy atom. The van der Waals surface area contributed by atoms with Gasteiger partial charge in [-0.2, -0.15) is 0 Å². The van der Waals surface area contributed by atoms with E-state index in [1.54, 1.807) is 0 Å². The fourth-order valence-electron chi connectivity index (χ4n) is 2.59. The molecule has 0 aliphatic heterocycles. The Labute approximate surface area is 154 Å². The lowest BCUT2D eigenvalue weighted by atomic mass is 10.1. The lowest BCUT2D eigenvalue weighted by Crippen LogP contribution is -2.22. The molecule has 0 radical (unpaired) electrons. The third-order valence-corrected chi connectivity index (χ3v) is 4.20. The van der Waals surface area contributed by atoms with Crippen LogP contribution in [-0.4, -0.2) is 23.1 Å². The Morgan fingerprint density at radius 3 is 1.84 bits per heavy atom. The second-order valence-corrected chi connectivity index (χ2v) is 6.80. The molecule has 0 amide bonds. The van der Waals surface area contributed by atoms with Crippen molar-refractivity contribution >= 4 is 11.9 Å². The van der Waals surface area contributed by atoms with Crippen LogP contribution < -0.4 is 0 Å². The van der Waals surface area contributed by atoms with Crippen LogP contribution in [0.15, 0.2) is 12.2 Å². The summed E-state index contributed by atoms with van der Waals surface area (Å²) in [4.78, 5) is 22.3. The predicted octanol–water partition coefficient (Wildman–Crippen LogP) is 5.47. The van der Waals surface area contributed by atoms with Crippen molar-refractivity contribution in [2.45, 2.75) is 110 Å². The molecule has 0 saturated heterocycles. The van der Waals surface area contributed by atoms with Crippen LogP contribution in [0.25, 0.3) is 0 Å². The summed E-state index contributed by atoms with van der Waals surface area (Å²) in [5.74, 6) is -1.40. The monoisotopic (exact) mass is 354 g/mol. The minimum atomic E-state index is -1.24. The van der Waals surface area contributed by atoms with Crippen LogP contribution in [-0.2, 0) is 14.3 Å². The van der Waals surface area contributed by atoms with E-state index in [0.717, 1.165) is 25.7 Å². The van der Waals surface area contributed by atoms with E-state index in [9.17, 15) is 9.59 Å². The molecule has 0 saturated carbocycles. The molecule has 0 aromatic rings. The quantitative estimate of drug-likeness (QED) is 0.173. The van der Waals surface area contributed by atoms with Gasteiger partial charge in [-0.25, -0.2) is 4.79 Å². The molecule has 0 aliphatic carbocycles. The number of rotatable bonds is 16. The maximum atomic E-state index is 11.3. The number of allylic oxidation sites excluding steroid dienone is 2. The summed E-state index contributed by atoms with van der Waals surface area (Å²) in [6.07, 6.45) is 19.3. The molecule has 146 valence electrons. The van der Waals surface area contributed by atoms with Gasteiger partial charge in [-0.3, -0.25) is 4.79 Å². The first-order chi connectivity index (χ1) is 12.1. The largest absolute Gasteiger partial charge is 0.391 e. The maximum absolute atomic E-state index is 11.3. The Kier molecular flexibility index (Phi) is 16.8. The highest BCUT2D eigenvalue weighted by atomic mass is 16.6. The molecule has 0 aromatic carbocycles. The van der Waals surface area contributed by atoms with E-state index < -0.39 is 18.0 Å². The van der Waals surface area contributed by atoms with Gasteiger partial charge >= 0.3 is 11.9 Å². The molecular formula is C21H38O4. The zero-order chi connectivity index (χ0) is 18.8. The number of carbonyl (C=O) groups is 2. The van der Waals surface area contributed by atoms with E-state index in [1.807, 2.05) is 0 Å². The van der Waals surface area contributed by atoms with Crippen molar-refractivity contribution in [3.05, 3.63) is 12.2 Å². The summed E-state index contributed by atoms with van der Waals surface area (Å²) in [5, 5.41) is 8.94. The zero-order valence-electron chi connectivity index (χ0n) is 16.3.